The lowest BCUT2D eigenvalue weighted by Crippen LogP contribution is -2.38. The van der Waals surface area contributed by atoms with Crippen LogP contribution in [0.15, 0.2) is 48.7 Å². The summed E-state index contributed by atoms with van der Waals surface area (Å²) in [7, 11) is 0. The monoisotopic (exact) mass is 195 g/mol. The summed E-state index contributed by atoms with van der Waals surface area (Å²) in [4.78, 5) is 0. The highest BCUT2D eigenvalue weighted by Crippen LogP contribution is 2.43. The molecule has 2 heteroatoms. The van der Waals surface area contributed by atoms with Gasteiger partial charge in [-0.25, -0.2) is 5.32 Å². The van der Waals surface area contributed by atoms with Gasteiger partial charge < -0.3 is 0 Å². The van der Waals surface area contributed by atoms with Crippen LogP contribution in [0.4, 0.5) is 0 Å². The number of pyridine rings is 1. The van der Waals surface area contributed by atoms with Crippen molar-refractivity contribution in [2.24, 2.45) is 0 Å². The van der Waals surface area contributed by atoms with Crippen molar-refractivity contribution in [3.8, 4) is 11.3 Å². The largest absolute Gasteiger partial charge is 0.242 e. The van der Waals surface area contributed by atoms with E-state index in [4.69, 9.17) is 0 Å². The first kappa shape index (κ1) is 7.60. The Hall–Kier alpha value is -1.67. The Morgan fingerprint density at radius 1 is 1.00 bits per heavy atom. The fraction of sp³-hybridized carbons (Fsp3) is 0.154. The van der Waals surface area contributed by atoms with Gasteiger partial charge in [0.25, 0.3) is 0 Å². The second-order valence-electron chi connectivity index (χ2n) is 4.17. The van der Waals surface area contributed by atoms with Gasteiger partial charge in [-0.3, -0.25) is 0 Å². The zero-order valence-corrected chi connectivity index (χ0v) is 8.22. The van der Waals surface area contributed by atoms with Gasteiger partial charge in [0, 0.05) is 12.1 Å². The summed E-state index contributed by atoms with van der Waals surface area (Å²) in [6, 6.07) is 15.6. The average molecular weight is 195 g/mol. The van der Waals surface area contributed by atoms with Gasteiger partial charge in [-0.05, 0) is 17.7 Å². The number of hydrogen-bond acceptors (Lipinski definition) is 1. The lowest BCUT2D eigenvalue weighted by molar-refractivity contribution is -0.694. The summed E-state index contributed by atoms with van der Waals surface area (Å²) in [5, 5.41) is 3.51. The lowest BCUT2D eigenvalue weighted by Gasteiger charge is -2.11. The predicted octanol–water partition coefficient (Wildman–Crippen LogP) is 1.80. The lowest BCUT2D eigenvalue weighted by atomic mass is 9.97. The van der Waals surface area contributed by atoms with Crippen LogP contribution < -0.4 is 9.88 Å². The maximum atomic E-state index is 3.51. The number of nitrogens with one attached hydrogen (secondary N) is 1. The van der Waals surface area contributed by atoms with E-state index in [1.54, 1.807) is 0 Å². The van der Waals surface area contributed by atoms with Gasteiger partial charge >= 0.3 is 0 Å². The minimum atomic E-state index is 0.482. The molecule has 0 saturated carbocycles. The summed E-state index contributed by atoms with van der Waals surface area (Å²) in [6.45, 7) is 0. The van der Waals surface area contributed by atoms with Crippen LogP contribution in [0.3, 0.4) is 0 Å². The van der Waals surface area contributed by atoms with Gasteiger partial charge in [-0.2, -0.15) is 4.57 Å². The number of nitrogens with zero attached hydrogens (tertiary/aromatic N) is 1. The minimum absolute atomic E-state index is 0.482. The highest BCUT2D eigenvalue weighted by Gasteiger charge is 2.51. The van der Waals surface area contributed by atoms with E-state index in [2.05, 4.69) is 58.5 Å². The van der Waals surface area contributed by atoms with Crippen LogP contribution in [0.5, 0.6) is 0 Å². The van der Waals surface area contributed by atoms with Crippen molar-refractivity contribution >= 4 is 0 Å². The molecule has 1 saturated heterocycles. The van der Waals surface area contributed by atoms with E-state index < -0.39 is 0 Å². The summed E-state index contributed by atoms with van der Waals surface area (Å²) in [5.74, 6) is 0. The maximum Gasteiger partial charge on any atom is 0.233 e. The molecule has 2 unspecified atom stereocenters. The van der Waals surface area contributed by atoms with Crippen molar-refractivity contribution in [1.82, 2.24) is 5.32 Å². The Labute approximate surface area is 88.2 Å². The molecule has 3 heterocycles. The van der Waals surface area contributed by atoms with Gasteiger partial charge in [0.1, 0.15) is 6.04 Å². The van der Waals surface area contributed by atoms with Crippen LogP contribution in [0, 0.1) is 0 Å². The third-order valence-electron chi connectivity index (χ3n) is 3.32. The molecule has 1 aromatic heterocycles. The van der Waals surface area contributed by atoms with Gasteiger partial charge in [-0.1, -0.05) is 18.2 Å². The van der Waals surface area contributed by atoms with Crippen molar-refractivity contribution in [3.05, 3.63) is 54.2 Å². The second-order valence-corrected chi connectivity index (χ2v) is 4.17. The van der Waals surface area contributed by atoms with Crippen molar-refractivity contribution in [1.29, 1.82) is 0 Å². The highest BCUT2D eigenvalue weighted by atomic mass is 15.3. The number of hydrogen-bond donors (Lipinski definition) is 1. The Balaban J connectivity index is 2.09. The molecular formula is C13H11N2+. The zero-order valence-electron chi connectivity index (χ0n) is 8.22. The molecule has 15 heavy (non-hydrogen) atoms. The first-order valence-electron chi connectivity index (χ1n) is 5.31. The normalized spacial score (nSPS) is 25.1. The van der Waals surface area contributed by atoms with Gasteiger partial charge in [0.15, 0.2) is 6.20 Å². The minimum Gasteiger partial charge on any atom is -0.242 e. The molecule has 0 spiro atoms. The fourth-order valence-corrected chi connectivity index (χ4v) is 2.56. The van der Waals surface area contributed by atoms with Crippen LogP contribution in [-0.4, -0.2) is 0 Å². The summed E-state index contributed by atoms with van der Waals surface area (Å²) >= 11 is 0. The van der Waals surface area contributed by atoms with E-state index >= 15 is 0 Å². The molecule has 2 nitrogen and oxygen atoms in total. The summed E-state index contributed by atoms with van der Waals surface area (Å²) in [6.07, 6.45) is 2.64. The predicted molar refractivity (Wildman–Crippen MR) is 57.0 cm³/mol. The third-order valence-corrected chi connectivity index (χ3v) is 3.32. The molecule has 4 rings (SSSR count). The van der Waals surface area contributed by atoms with Crippen LogP contribution in [0.1, 0.15) is 17.8 Å². The maximum absolute atomic E-state index is 3.51. The van der Waals surface area contributed by atoms with E-state index in [0.717, 1.165) is 0 Å². The number of benzene rings is 1. The number of rotatable bonds is 0. The van der Waals surface area contributed by atoms with Gasteiger partial charge in [0.2, 0.25) is 11.9 Å². The number of aromatic nitrogens is 1. The van der Waals surface area contributed by atoms with E-state index in [1.165, 1.54) is 16.8 Å². The fourth-order valence-electron chi connectivity index (χ4n) is 2.56. The topological polar surface area (TPSA) is 25.8 Å². The Kier molecular flexibility index (Phi) is 1.25. The Morgan fingerprint density at radius 2 is 1.87 bits per heavy atom. The summed E-state index contributed by atoms with van der Waals surface area (Å²) in [5.41, 5.74) is 4.12. The molecule has 1 aromatic carbocycles. The molecule has 2 aromatic rings. The van der Waals surface area contributed by atoms with Crippen LogP contribution in [0.25, 0.3) is 11.3 Å². The van der Waals surface area contributed by atoms with E-state index in [-0.39, 0.29) is 0 Å². The molecule has 1 fully saturated rings. The molecule has 2 atom stereocenters. The molecular weight excluding hydrogens is 184 g/mol. The van der Waals surface area contributed by atoms with Crippen LogP contribution in [0.2, 0.25) is 0 Å². The Morgan fingerprint density at radius 3 is 2.87 bits per heavy atom. The van der Waals surface area contributed by atoms with Crippen LogP contribution in [-0.2, 0) is 0 Å². The van der Waals surface area contributed by atoms with Crippen molar-refractivity contribution in [2.75, 3.05) is 0 Å². The van der Waals surface area contributed by atoms with E-state index in [0.29, 0.717) is 12.2 Å². The van der Waals surface area contributed by atoms with Crippen LogP contribution >= 0.6 is 0 Å². The van der Waals surface area contributed by atoms with E-state index in [1.807, 2.05) is 0 Å². The van der Waals surface area contributed by atoms with Gasteiger partial charge in [0.05, 0.1) is 5.56 Å². The van der Waals surface area contributed by atoms with Gasteiger partial charge in [-0.15, -0.1) is 0 Å². The van der Waals surface area contributed by atoms with Crippen molar-refractivity contribution < 1.29 is 4.57 Å². The molecule has 2 aliphatic rings. The second kappa shape index (κ2) is 2.47. The molecule has 72 valence electrons. The van der Waals surface area contributed by atoms with E-state index in [9.17, 15) is 0 Å². The first-order chi connectivity index (χ1) is 7.45. The molecule has 1 N–H and O–H groups in total. The number of fused-ring (bicyclic) bond motifs is 6. The SMILES string of the molecule is c1ccc2c(c1)-c1cccc[n+]1C1NC21. The highest BCUT2D eigenvalue weighted by molar-refractivity contribution is 5.64. The molecule has 0 amide bonds. The molecule has 0 aliphatic carbocycles. The molecule has 0 bridgehead atoms. The van der Waals surface area contributed by atoms with Crippen molar-refractivity contribution in [2.45, 2.75) is 12.2 Å². The molecule has 0 radical (unpaired) electrons. The molecule has 2 aliphatic heterocycles. The Bertz CT molecular complexity index is 498. The third kappa shape index (κ3) is 0.896. The standard InChI is InChI=1S/C13H11N2/c1-2-6-10-9(5-1)11-7-3-4-8-15(11)13-12(10)14-13/h1-8,12-14H/q+1. The average Bonchev–Trinajstić information content (AvgIpc) is 3.10. The smallest absolute Gasteiger partial charge is 0.233 e. The quantitative estimate of drug-likeness (QED) is 0.503. The van der Waals surface area contributed by atoms with Crippen molar-refractivity contribution in [3.63, 3.8) is 0 Å². The summed E-state index contributed by atoms with van der Waals surface area (Å²) < 4.78 is 2.33. The first-order valence-corrected chi connectivity index (χ1v) is 5.31. The zero-order chi connectivity index (χ0) is 9.83.